The molecular formula is C11H20N4O. The summed E-state index contributed by atoms with van der Waals surface area (Å²) in [6.07, 6.45) is 3.13. The van der Waals surface area contributed by atoms with Gasteiger partial charge in [-0.05, 0) is 25.3 Å². The van der Waals surface area contributed by atoms with Gasteiger partial charge in [0, 0.05) is 18.7 Å². The fraction of sp³-hybridized carbons (Fsp3) is 0.636. The van der Waals surface area contributed by atoms with Crippen molar-refractivity contribution in [2.75, 3.05) is 0 Å². The third-order valence-electron chi connectivity index (χ3n) is 2.57. The second kappa shape index (κ2) is 6.27. The molecule has 3 N–H and O–H groups in total. The molecule has 0 aliphatic heterocycles. The maximum atomic E-state index is 11.0. The van der Waals surface area contributed by atoms with Gasteiger partial charge in [-0.3, -0.25) is 14.9 Å². The van der Waals surface area contributed by atoms with E-state index >= 15 is 0 Å². The summed E-state index contributed by atoms with van der Waals surface area (Å²) in [5, 5.41) is 4.48. The lowest BCUT2D eigenvalue weighted by Gasteiger charge is -2.05. The number of hydrogen-bond donors (Lipinski definition) is 2. The molecule has 0 radical (unpaired) electrons. The van der Waals surface area contributed by atoms with Gasteiger partial charge in [-0.15, -0.1) is 0 Å². The largest absolute Gasteiger partial charge is 0.294 e. The molecule has 0 atom stereocenters. The zero-order chi connectivity index (χ0) is 12.0. The van der Waals surface area contributed by atoms with Gasteiger partial charge in [0.2, 0.25) is 5.91 Å². The van der Waals surface area contributed by atoms with Gasteiger partial charge >= 0.3 is 0 Å². The van der Waals surface area contributed by atoms with Gasteiger partial charge in [0.1, 0.15) is 0 Å². The molecular weight excluding hydrogens is 204 g/mol. The summed E-state index contributed by atoms with van der Waals surface area (Å²) in [5.41, 5.74) is 4.47. The van der Waals surface area contributed by atoms with E-state index in [1.165, 1.54) is 5.69 Å². The molecule has 1 aromatic heterocycles. The van der Waals surface area contributed by atoms with E-state index in [1.54, 1.807) is 0 Å². The van der Waals surface area contributed by atoms with Crippen LogP contribution in [0, 0.1) is 0 Å². The van der Waals surface area contributed by atoms with E-state index in [-0.39, 0.29) is 5.91 Å². The smallest absolute Gasteiger partial charge is 0.233 e. The first-order chi connectivity index (χ1) is 7.71. The molecule has 5 nitrogen and oxygen atoms in total. The zero-order valence-corrected chi connectivity index (χ0v) is 9.99. The fourth-order valence-electron chi connectivity index (χ4n) is 1.63. The van der Waals surface area contributed by atoms with E-state index < -0.39 is 0 Å². The lowest BCUT2D eigenvalue weighted by Crippen LogP contribution is -2.29. The van der Waals surface area contributed by atoms with E-state index in [9.17, 15) is 4.79 Å². The Morgan fingerprint density at radius 3 is 2.81 bits per heavy atom. The molecule has 1 heterocycles. The van der Waals surface area contributed by atoms with Crippen LogP contribution < -0.4 is 11.3 Å². The number of amides is 1. The van der Waals surface area contributed by atoms with Crippen molar-refractivity contribution in [3.8, 4) is 0 Å². The van der Waals surface area contributed by atoms with Crippen molar-refractivity contribution in [3.05, 3.63) is 17.5 Å². The number of nitrogens with two attached hydrogens (primary N) is 1. The maximum absolute atomic E-state index is 11.0. The molecule has 0 aliphatic rings. The van der Waals surface area contributed by atoms with E-state index in [0.29, 0.717) is 6.42 Å². The molecule has 0 spiro atoms. The predicted molar refractivity (Wildman–Crippen MR) is 62.5 cm³/mol. The van der Waals surface area contributed by atoms with E-state index in [1.807, 2.05) is 4.68 Å². The van der Waals surface area contributed by atoms with Crippen molar-refractivity contribution in [3.63, 3.8) is 0 Å². The highest BCUT2D eigenvalue weighted by Gasteiger charge is 2.05. The Labute approximate surface area is 96.0 Å². The van der Waals surface area contributed by atoms with Crippen LogP contribution in [0.4, 0.5) is 0 Å². The molecule has 90 valence electrons. The van der Waals surface area contributed by atoms with Gasteiger partial charge in [0.05, 0.1) is 5.69 Å². The Morgan fingerprint density at radius 1 is 1.50 bits per heavy atom. The first-order valence-electron chi connectivity index (χ1n) is 5.76. The third-order valence-corrected chi connectivity index (χ3v) is 2.57. The Kier molecular flexibility index (Phi) is 4.98. The monoisotopic (exact) mass is 224 g/mol. The standard InChI is InChI=1S/C11H20N4O/c1-3-9-8-10(4-2)15(14-9)7-5-6-11(16)13-12/h8H,3-7,12H2,1-2H3,(H,13,16). The van der Waals surface area contributed by atoms with Crippen LogP contribution in [-0.2, 0) is 24.2 Å². The number of carbonyl (C=O) groups excluding carboxylic acids is 1. The Balaban J connectivity index is 2.52. The summed E-state index contributed by atoms with van der Waals surface area (Å²) < 4.78 is 1.99. The minimum atomic E-state index is -0.124. The van der Waals surface area contributed by atoms with E-state index in [0.717, 1.165) is 31.5 Å². The zero-order valence-electron chi connectivity index (χ0n) is 9.99. The van der Waals surface area contributed by atoms with Crippen molar-refractivity contribution in [1.29, 1.82) is 0 Å². The molecule has 0 saturated carbocycles. The van der Waals surface area contributed by atoms with Crippen LogP contribution in [0.25, 0.3) is 0 Å². The molecule has 0 aromatic carbocycles. The van der Waals surface area contributed by atoms with Crippen molar-refractivity contribution < 1.29 is 4.79 Å². The van der Waals surface area contributed by atoms with Crippen molar-refractivity contribution in [2.45, 2.75) is 46.1 Å². The average Bonchev–Trinajstić information content (AvgIpc) is 2.71. The van der Waals surface area contributed by atoms with Crippen LogP contribution in [0.3, 0.4) is 0 Å². The van der Waals surface area contributed by atoms with Crippen LogP contribution in [0.1, 0.15) is 38.1 Å². The molecule has 16 heavy (non-hydrogen) atoms. The summed E-state index contributed by atoms with van der Waals surface area (Å²) in [6.45, 7) is 4.98. The molecule has 1 amide bonds. The second-order valence-corrected chi connectivity index (χ2v) is 3.73. The minimum absolute atomic E-state index is 0.124. The molecule has 1 rings (SSSR count). The third kappa shape index (κ3) is 3.34. The number of aryl methyl sites for hydroxylation is 3. The van der Waals surface area contributed by atoms with Gasteiger partial charge in [-0.1, -0.05) is 13.8 Å². The molecule has 5 heteroatoms. The summed E-state index contributed by atoms with van der Waals surface area (Å²) in [4.78, 5) is 11.0. The number of nitrogens with zero attached hydrogens (tertiary/aromatic N) is 2. The number of hydrogen-bond acceptors (Lipinski definition) is 3. The summed E-state index contributed by atoms with van der Waals surface area (Å²) in [5.74, 6) is 4.89. The summed E-state index contributed by atoms with van der Waals surface area (Å²) >= 11 is 0. The first-order valence-corrected chi connectivity index (χ1v) is 5.76. The summed E-state index contributed by atoms with van der Waals surface area (Å²) in [7, 11) is 0. The van der Waals surface area contributed by atoms with Crippen molar-refractivity contribution in [1.82, 2.24) is 15.2 Å². The molecule has 0 unspecified atom stereocenters. The number of aromatic nitrogens is 2. The Hall–Kier alpha value is -1.36. The lowest BCUT2D eigenvalue weighted by molar-refractivity contribution is -0.121. The van der Waals surface area contributed by atoms with Gasteiger partial charge < -0.3 is 0 Å². The van der Waals surface area contributed by atoms with Gasteiger partial charge in [0.25, 0.3) is 0 Å². The van der Waals surface area contributed by atoms with Crippen LogP contribution in [-0.4, -0.2) is 15.7 Å². The minimum Gasteiger partial charge on any atom is -0.294 e. The fourth-order valence-corrected chi connectivity index (χ4v) is 1.63. The van der Waals surface area contributed by atoms with Crippen LogP contribution in [0.15, 0.2) is 6.07 Å². The topological polar surface area (TPSA) is 72.9 Å². The predicted octanol–water partition coefficient (Wildman–Crippen LogP) is 0.778. The number of nitrogens with one attached hydrogen (secondary N) is 1. The number of hydrazine groups is 1. The Morgan fingerprint density at radius 2 is 2.25 bits per heavy atom. The van der Waals surface area contributed by atoms with Crippen molar-refractivity contribution >= 4 is 5.91 Å². The van der Waals surface area contributed by atoms with Crippen LogP contribution >= 0.6 is 0 Å². The first kappa shape index (κ1) is 12.7. The highest BCUT2D eigenvalue weighted by atomic mass is 16.2. The second-order valence-electron chi connectivity index (χ2n) is 3.73. The van der Waals surface area contributed by atoms with Gasteiger partial charge in [0.15, 0.2) is 0 Å². The normalized spacial score (nSPS) is 10.4. The maximum Gasteiger partial charge on any atom is 0.233 e. The van der Waals surface area contributed by atoms with Gasteiger partial charge in [-0.2, -0.15) is 5.10 Å². The molecule has 0 bridgehead atoms. The van der Waals surface area contributed by atoms with Gasteiger partial charge in [-0.25, -0.2) is 5.84 Å². The SMILES string of the molecule is CCc1cc(CC)n(CCCC(=O)NN)n1. The van der Waals surface area contributed by atoms with Crippen LogP contribution in [0.5, 0.6) is 0 Å². The van der Waals surface area contributed by atoms with E-state index in [2.05, 4.69) is 30.4 Å². The van der Waals surface area contributed by atoms with Crippen LogP contribution in [0.2, 0.25) is 0 Å². The number of carbonyl (C=O) groups is 1. The molecule has 0 saturated heterocycles. The highest BCUT2D eigenvalue weighted by Crippen LogP contribution is 2.07. The summed E-state index contributed by atoms with van der Waals surface area (Å²) in [6, 6.07) is 2.13. The molecule has 0 aliphatic carbocycles. The molecule has 1 aromatic rings. The lowest BCUT2D eigenvalue weighted by atomic mass is 10.2. The molecule has 0 fully saturated rings. The quantitative estimate of drug-likeness (QED) is 0.426. The average molecular weight is 224 g/mol. The highest BCUT2D eigenvalue weighted by molar-refractivity contribution is 5.74. The van der Waals surface area contributed by atoms with E-state index in [4.69, 9.17) is 5.84 Å². The van der Waals surface area contributed by atoms with Crippen molar-refractivity contribution in [2.24, 2.45) is 5.84 Å². The Bertz CT molecular complexity index is 346. The number of rotatable bonds is 6.